The molecule has 1 aliphatic heterocycles. The van der Waals surface area contributed by atoms with Gasteiger partial charge in [0.1, 0.15) is 6.04 Å². The fraction of sp³-hybridized carbons (Fsp3) is 0.500. The van der Waals surface area contributed by atoms with E-state index in [1.165, 1.54) is 0 Å². The Hall–Kier alpha value is -2.70. The molecule has 27 heavy (non-hydrogen) atoms. The summed E-state index contributed by atoms with van der Waals surface area (Å²) in [7, 11) is 0. The van der Waals surface area contributed by atoms with E-state index >= 15 is 0 Å². The minimum Gasteiger partial charge on any atom is -0.348 e. The van der Waals surface area contributed by atoms with Crippen molar-refractivity contribution in [2.75, 3.05) is 0 Å². The van der Waals surface area contributed by atoms with Crippen molar-refractivity contribution in [3.05, 3.63) is 47.6 Å². The Morgan fingerprint density at radius 2 is 1.96 bits per heavy atom. The normalized spacial score (nSPS) is 20.4. The number of hydrogen-bond acceptors (Lipinski definition) is 5. The maximum Gasteiger partial charge on any atom is 0.249 e. The van der Waals surface area contributed by atoms with Crippen LogP contribution in [-0.2, 0) is 22.7 Å². The zero-order chi connectivity index (χ0) is 18.6. The largest absolute Gasteiger partial charge is 0.348 e. The molecule has 1 N–H and O–H groups in total. The van der Waals surface area contributed by atoms with E-state index in [0.29, 0.717) is 31.1 Å². The van der Waals surface area contributed by atoms with E-state index in [1.54, 1.807) is 4.90 Å². The zero-order valence-electron chi connectivity index (χ0n) is 15.3. The lowest BCUT2D eigenvalue weighted by molar-refractivity contribution is -0.130. The molecule has 1 saturated carbocycles. The van der Waals surface area contributed by atoms with Gasteiger partial charge in [-0.1, -0.05) is 48.3 Å². The average Bonchev–Trinajstić information content (AvgIpc) is 3.43. The first-order valence-corrected chi connectivity index (χ1v) is 9.64. The molecule has 0 radical (unpaired) electrons. The van der Waals surface area contributed by atoms with E-state index in [4.69, 9.17) is 4.52 Å². The highest BCUT2D eigenvalue weighted by molar-refractivity contribution is 5.79. The number of nitrogens with zero attached hydrogens (tertiary/aromatic N) is 3. The van der Waals surface area contributed by atoms with Gasteiger partial charge in [0.2, 0.25) is 17.7 Å². The summed E-state index contributed by atoms with van der Waals surface area (Å²) in [5, 5.41) is 6.89. The first kappa shape index (κ1) is 17.7. The van der Waals surface area contributed by atoms with Gasteiger partial charge in [-0.25, -0.2) is 0 Å². The van der Waals surface area contributed by atoms with Crippen LogP contribution in [0.15, 0.2) is 34.9 Å². The number of nitrogens with one attached hydrogen (secondary N) is 1. The Labute approximate surface area is 158 Å². The maximum absolute atomic E-state index is 12.3. The van der Waals surface area contributed by atoms with Crippen LogP contribution in [0.5, 0.6) is 0 Å². The van der Waals surface area contributed by atoms with Crippen molar-refractivity contribution < 1.29 is 14.1 Å². The predicted octanol–water partition coefficient (Wildman–Crippen LogP) is 2.74. The molecule has 2 heterocycles. The van der Waals surface area contributed by atoms with Gasteiger partial charge in [-0.15, -0.1) is 0 Å². The van der Waals surface area contributed by atoms with Crippen LogP contribution < -0.4 is 5.32 Å². The summed E-state index contributed by atoms with van der Waals surface area (Å²) >= 11 is 0. The molecule has 142 valence electrons. The summed E-state index contributed by atoms with van der Waals surface area (Å²) in [6, 6.07) is 9.67. The van der Waals surface area contributed by atoms with Crippen molar-refractivity contribution in [3.8, 4) is 0 Å². The third-order valence-electron chi connectivity index (χ3n) is 5.44. The lowest BCUT2D eigenvalue weighted by Gasteiger charge is -2.22. The molecule has 1 aromatic carbocycles. The molecule has 7 nitrogen and oxygen atoms in total. The molecule has 0 bridgehead atoms. The number of rotatable bonds is 6. The number of hydrogen-bond donors (Lipinski definition) is 1. The number of likely N-dealkylation sites (tertiary alicyclic amines) is 1. The van der Waals surface area contributed by atoms with Gasteiger partial charge in [0.05, 0.1) is 6.54 Å². The second kappa shape index (κ2) is 7.90. The summed E-state index contributed by atoms with van der Waals surface area (Å²) in [5.74, 6) is 1.18. The average molecular weight is 368 g/mol. The third-order valence-corrected chi connectivity index (χ3v) is 5.44. The van der Waals surface area contributed by atoms with E-state index in [0.717, 1.165) is 31.2 Å². The number of amides is 2. The molecule has 7 heteroatoms. The van der Waals surface area contributed by atoms with E-state index in [-0.39, 0.29) is 30.3 Å². The Bertz CT molecular complexity index is 799. The van der Waals surface area contributed by atoms with Crippen LogP contribution in [0.4, 0.5) is 0 Å². The Morgan fingerprint density at radius 3 is 2.74 bits per heavy atom. The topological polar surface area (TPSA) is 88.3 Å². The zero-order valence-corrected chi connectivity index (χ0v) is 15.3. The summed E-state index contributed by atoms with van der Waals surface area (Å²) in [4.78, 5) is 30.7. The van der Waals surface area contributed by atoms with Gasteiger partial charge in [-0.2, -0.15) is 4.98 Å². The van der Waals surface area contributed by atoms with E-state index in [9.17, 15) is 9.59 Å². The third kappa shape index (κ3) is 4.02. The summed E-state index contributed by atoms with van der Waals surface area (Å²) < 4.78 is 5.42. The summed E-state index contributed by atoms with van der Waals surface area (Å²) in [5.41, 5.74) is 1.07. The Balaban J connectivity index is 1.39. The van der Waals surface area contributed by atoms with Crippen LogP contribution in [0.25, 0.3) is 0 Å². The maximum atomic E-state index is 12.3. The fourth-order valence-electron chi connectivity index (χ4n) is 3.94. The molecule has 4 rings (SSSR count). The minimum atomic E-state index is -0.204. The standard InChI is InChI=1S/C20H24N4O3/c25-18-11-10-16(24(18)13-14-6-2-1-3-7-14)20-22-17(23-27-20)12-21-19(26)15-8-4-5-9-15/h1-3,6-7,15-16H,4-5,8-13H2,(H,21,26)/t16-/m0/s1. The van der Waals surface area contributed by atoms with Gasteiger partial charge in [0, 0.05) is 18.9 Å². The van der Waals surface area contributed by atoms with Gasteiger partial charge in [0.25, 0.3) is 0 Å². The highest BCUT2D eigenvalue weighted by atomic mass is 16.5. The predicted molar refractivity (Wildman–Crippen MR) is 97.1 cm³/mol. The summed E-state index contributed by atoms with van der Waals surface area (Å²) in [6.45, 7) is 0.790. The molecule has 1 aliphatic carbocycles. The molecular weight excluding hydrogens is 344 g/mol. The van der Waals surface area contributed by atoms with Crippen LogP contribution in [0.1, 0.15) is 61.8 Å². The minimum absolute atomic E-state index is 0.0700. The van der Waals surface area contributed by atoms with Gasteiger partial charge in [-0.05, 0) is 24.8 Å². The number of carbonyl (C=O) groups is 2. The molecule has 1 atom stereocenters. The number of aromatic nitrogens is 2. The monoisotopic (exact) mass is 368 g/mol. The highest BCUT2D eigenvalue weighted by Crippen LogP contribution is 2.33. The van der Waals surface area contributed by atoms with Crippen LogP contribution in [-0.4, -0.2) is 26.9 Å². The quantitative estimate of drug-likeness (QED) is 0.847. The second-order valence-electron chi connectivity index (χ2n) is 7.31. The molecule has 1 aromatic heterocycles. The molecule has 2 fully saturated rings. The molecule has 1 saturated heterocycles. The van der Waals surface area contributed by atoms with Crippen LogP contribution in [0.3, 0.4) is 0 Å². The Kier molecular flexibility index (Phi) is 5.18. The smallest absolute Gasteiger partial charge is 0.249 e. The van der Waals surface area contributed by atoms with E-state index in [1.807, 2.05) is 30.3 Å². The van der Waals surface area contributed by atoms with Crippen molar-refractivity contribution in [2.24, 2.45) is 5.92 Å². The lowest BCUT2D eigenvalue weighted by atomic mass is 10.1. The van der Waals surface area contributed by atoms with E-state index < -0.39 is 0 Å². The van der Waals surface area contributed by atoms with Crippen molar-refractivity contribution >= 4 is 11.8 Å². The molecular formula is C20H24N4O3. The SMILES string of the molecule is O=C(NCc1noc([C@@H]2CCC(=O)N2Cc2ccccc2)n1)C1CCCC1. The second-order valence-corrected chi connectivity index (χ2v) is 7.31. The first-order valence-electron chi connectivity index (χ1n) is 9.64. The molecule has 2 aliphatic rings. The molecule has 0 unspecified atom stereocenters. The van der Waals surface area contributed by atoms with Gasteiger partial charge in [0.15, 0.2) is 5.82 Å². The molecule has 2 amide bonds. The van der Waals surface area contributed by atoms with Crippen LogP contribution in [0.2, 0.25) is 0 Å². The fourth-order valence-corrected chi connectivity index (χ4v) is 3.94. The highest BCUT2D eigenvalue weighted by Gasteiger charge is 2.36. The van der Waals surface area contributed by atoms with Gasteiger partial charge >= 0.3 is 0 Å². The van der Waals surface area contributed by atoms with Crippen molar-refractivity contribution in [2.45, 2.75) is 57.7 Å². The number of carbonyl (C=O) groups excluding carboxylic acids is 2. The molecule has 0 spiro atoms. The van der Waals surface area contributed by atoms with Crippen LogP contribution >= 0.6 is 0 Å². The summed E-state index contributed by atoms with van der Waals surface area (Å²) in [6.07, 6.45) is 5.31. The van der Waals surface area contributed by atoms with Crippen LogP contribution in [0, 0.1) is 5.92 Å². The van der Waals surface area contributed by atoms with Gasteiger partial charge in [-0.3, -0.25) is 9.59 Å². The first-order chi connectivity index (χ1) is 13.2. The van der Waals surface area contributed by atoms with Crippen molar-refractivity contribution in [3.63, 3.8) is 0 Å². The lowest BCUT2D eigenvalue weighted by Crippen LogP contribution is -2.29. The van der Waals surface area contributed by atoms with Gasteiger partial charge < -0.3 is 14.7 Å². The van der Waals surface area contributed by atoms with E-state index in [2.05, 4.69) is 15.5 Å². The van der Waals surface area contributed by atoms with Crippen molar-refractivity contribution in [1.82, 2.24) is 20.4 Å². The molecule has 2 aromatic rings. The van der Waals surface area contributed by atoms with Crippen molar-refractivity contribution in [1.29, 1.82) is 0 Å². The number of benzene rings is 1. The Morgan fingerprint density at radius 1 is 1.19 bits per heavy atom.